The van der Waals surface area contributed by atoms with E-state index in [0.29, 0.717) is 19.1 Å². The van der Waals surface area contributed by atoms with Gasteiger partial charge in [0.05, 0.1) is 11.9 Å². The van der Waals surface area contributed by atoms with Crippen molar-refractivity contribution in [3.05, 3.63) is 50.4 Å². The number of fused-ring (bicyclic) bond motifs is 4. The number of thiophene rings is 1. The van der Waals surface area contributed by atoms with Gasteiger partial charge in [-0.3, -0.25) is 4.79 Å². The second-order valence-corrected chi connectivity index (χ2v) is 9.61. The molecule has 3 N–H and O–H groups in total. The number of H-pyrrole nitrogens is 1. The number of ether oxygens (including phenoxy) is 2. The number of nitrogens with one attached hydrogen (secondary N) is 1. The molecule has 0 saturated carbocycles. The first kappa shape index (κ1) is 19.6. The van der Waals surface area contributed by atoms with E-state index < -0.39 is 0 Å². The van der Waals surface area contributed by atoms with Crippen LogP contribution in [0.3, 0.4) is 0 Å². The van der Waals surface area contributed by atoms with E-state index in [1.54, 1.807) is 11.3 Å². The Morgan fingerprint density at radius 1 is 1.30 bits per heavy atom. The number of hydrogen-bond donors (Lipinski definition) is 2. The summed E-state index contributed by atoms with van der Waals surface area (Å²) in [6, 6.07) is 6.24. The van der Waals surface area contributed by atoms with Gasteiger partial charge in [0.25, 0.3) is 5.56 Å². The molecular weight excluding hydrogens is 398 g/mol. The van der Waals surface area contributed by atoms with Gasteiger partial charge in [0.1, 0.15) is 24.1 Å². The quantitative estimate of drug-likeness (QED) is 0.657. The normalized spacial score (nSPS) is 18.9. The maximum absolute atomic E-state index is 12.8. The maximum atomic E-state index is 12.8. The van der Waals surface area contributed by atoms with Crippen molar-refractivity contribution in [2.24, 2.45) is 5.92 Å². The van der Waals surface area contributed by atoms with E-state index in [1.165, 1.54) is 16.0 Å². The molecule has 30 heavy (non-hydrogen) atoms. The van der Waals surface area contributed by atoms with Gasteiger partial charge in [-0.15, -0.1) is 11.3 Å². The van der Waals surface area contributed by atoms with Gasteiger partial charge in [0.2, 0.25) is 0 Å². The molecule has 3 heterocycles. The van der Waals surface area contributed by atoms with Crippen LogP contribution in [0.5, 0.6) is 11.5 Å². The zero-order valence-electron chi connectivity index (χ0n) is 17.5. The average molecular weight is 427 g/mol. The van der Waals surface area contributed by atoms with Crippen LogP contribution in [0.1, 0.15) is 48.1 Å². The number of quaternary nitrogens is 1. The number of nitrogens with zero attached hydrogens (tertiary/aromatic N) is 1. The molecule has 0 amide bonds. The summed E-state index contributed by atoms with van der Waals surface area (Å²) in [7, 11) is 0. The minimum absolute atomic E-state index is 0.0224. The van der Waals surface area contributed by atoms with E-state index in [2.05, 4.69) is 36.3 Å². The molecule has 5 rings (SSSR count). The number of nitrogens with two attached hydrogens (primary N) is 1. The lowest BCUT2D eigenvalue weighted by atomic mass is 9.89. The van der Waals surface area contributed by atoms with Gasteiger partial charge in [0, 0.05) is 11.3 Å². The highest BCUT2D eigenvalue weighted by Crippen LogP contribution is 2.35. The summed E-state index contributed by atoms with van der Waals surface area (Å²) in [5.74, 6) is 3.11. The molecule has 1 aliphatic carbocycles. The smallest absolute Gasteiger partial charge is 0.260 e. The standard InChI is InChI=1S/C23H27N3O3S/c1-13-3-5-16-19(11-13)30-23-20(16)22(27)25-21(26-23)14(2)24-8-7-15-4-6-17-18(12-15)29-10-9-28-17/h4,6,12-14,24H,3,5,7-11H2,1-2H3,(H,25,26,27)/p+1/t13-,14+/m1/s1. The van der Waals surface area contributed by atoms with Gasteiger partial charge in [0.15, 0.2) is 17.3 Å². The molecule has 0 bridgehead atoms. The van der Waals surface area contributed by atoms with Gasteiger partial charge in [-0.1, -0.05) is 13.0 Å². The van der Waals surface area contributed by atoms with Gasteiger partial charge in [-0.25, -0.2) is 4.98 Å². The van der Waals surface area contributed by atoms with Crippen LogP contribution in [0.2, 0.25) is 0 Å². The van der Waals surface area contributed by atoms with Crippen LogP contribution in [-0.2, 0) is 19.3 Å². The highest BCUT2D eigenvalue weighted by atomic mass is 32.1. The van der Waals surface area contributed by atoms with Crippen LogP contribution in [0.4, 0.5) is 0 Å². The summed E-state index contributed by atoms with van der Waals surface area (Å²) in [6.07, 6.45) is 4.14. The van der Waals surface area contributed by atoms with Gasteiger partial charge in [-0.2, -0.15) is 0 Å². The number of aromatic amines is 1. The van der Waals surface area contributed by atoms with Crippen LogP contribution in [0.25, 0.3) is 10.2 Å². The van der Waals surface area contributed by atoms with E-state index in [0.717, 1.165) is 59.8 Å². The first-order valence-electron chi connectivity index (χ1n) is 10.8. The summed E-state index contributed by atoms with van der Waals surface area (Å²) in [5, 5.41) is 3.06. The Morgan fingerprint density at radius 2 is 2.13 bits per heavy atom. The molecule has 7 heteroatoms. The Bertz CT molecular complexity index is 1140. The lowest BCUT2D eigenvalue weighted by Crippen LogP contribution is -2.85. The van der Waals surface area contributed by atoms with Crippen molar-refractivity contribution in [3.63, 3.8) is 0 Å². The third kappa shape index (κ3) is 3.72. The number of rotatable bonds is 5. The first-order valence-corrected chi connectivity index (χ1v) is 11.7. The van der Waals surface area contributed by atoms with Crippen molar-refractivity contribution in [3.8, 4) is 11.5 Å². The van der Waals surface area contributed by atoms with E-state index in [1.807, 2.05) is 6.07 Å². The van der Waals surface area contributed by atoms with Gasteiger partial charge in [-0.05, 0) is 55.4 Å². The molecule has 3 aromatic rings. The zero-order valence-corrected chi connectivity index (χ0v) is 18.3. The Kier molecular flexibility index (Phi) is 5.25. The van der Waals surface area contributed by atoms with E-state index in [4.69, 9.17) is 14.5 Å². The van der Waals surface area contributed by atoms with Crippen LogP contribution >= 0.6 is 11.3 Å². The van der Waals surface area contributed by atoms with Crippen molar-refractivity contribution in [1.82, 2.24) is 9.97 Å². The third-order valence-electron chi connectivity index (χ3n) is 6.17. The number of aryl methyl sites for hydroxylation is 1. The topological polar surface area (TPSA) is 80.8 Å². The fourth-order valence-electron chi connectivity index (χ4n) is 4.44. The van der Waals surface area contributed by atoms with Crippen LogP contribution in [-0.4, -0.2) is 29.7 Å². The maximum Gasteiger partial charge on any atom is 0.260 e. The second kappa shape index (κ2) is 8.04. The van der Waals surface area contributed by atoms with Crippen LogP contribution < -0.4 is 20.3 Å². The first-order chi connectivity index (χ1) is 14.6. The lowest BCUT2D eigenvalue weighted by molar-refractivity contribution is -0.693. The van der Waals surface area contributed by atoms with Crippen molar-refractivity contribution >= 4 is 21.6 Å². The number of hydrogen-bond acceptors (Lipinski definition) is 5. The number of benzene rings is 1. The average Bonchev–Trinajstić information content (AvgIpc) is 3.11. The summed E-state index contributed by atoms with van der Waals surface area (Å²) >= 11 is 1.71. The highest BCUT2D eigenvalue weighted by molar-refractivity contribution is 7.18. The Morgan fingerprint density at radius 3 is 3.00 bits per heavy atom. The Balaban J connectivity index is 1.28. The molecule has 2 atom stereocenters. The fourth-order valence-corrected chi connectivity index (χ4v) is 5.83. The molecule has 1 aliphatic heterocycles. The Hall–Kier alpha value is -2.38. The molecule has 0 radical (unpaired) electrons. The van der Waals surface area contributed by atoms with Crippen LogP contribution in [0.15, 0.2) is 23.0 Å². The summed E-state index contributed by atoms with van der Waals surface area (Å²) in [4.78, 5) is 23.0. The van der Waals surface area contributed by atoms with E-state index in [9.17, 15) is 4.79 Å². The second-order valence-electron chi connectivity index (χ2n) is 8.52. The fraction of sp³-hybridized carbons (Fsp3) is 0.478. The molecule has 1 aromatic carbocycles. The monoisotopic (exact) mass is 426 g/mol. The molecule has 6 nitrogen and oxygen atoms in total. The van der Waals surface area contributed by atoms with E-state index in [-0.39, 0.29) is 11.6 Å². The zero-order chi connectivity index (χ0) is 20.7. The molecule has 0 saturated heterocycles. The predicted molar refractivity (Wildman–Crippen MR) is 118 cm³/mol. The largest absolute Gasteiger partial charge is 0.486 e. The molecular formula is C23H28N3O3S+. The molecule has 2 aliphatic rings. The molecule has 0 unspecified atom stereocenters. The van der Waals surface area contributed by atoms with E-state index >= 15 is 0 Å². The number of aromatic nitrogens is 2. The minimum Gasteiger partial charge on any atom is -0.486 e. The molecule has 2 aromatic heterocycles. The SMILES string of the molecule is C[C@@H]1CCc2c(sc3nc([C@H](C)[NH2+]CCc4ccc5c(c4)OCCO5)[nH]c(=O)c23)C1. The summed E-state index contributed by atoms with van der Waals surface area (Å²) in [6.45, 7) is 6.51. The van der Waals surface area contributed by atoms with Crippen molar-refractivity contribution in [1.29, 1.82) is 0 Å². The third-order valence-corrected chi connectivity index (χ3v) is 7.32. The van der Waals surface area contributed by atoms with Gasteiger partial charge < -0.3 is 19.8 Å². The predicted octanol–water partition coefficient (Wildman–Crippen LogP) is 2.75. The highest BCUT2D eigenvalue weighted by Gasteiger charge is 2.24. The lowest BCUT2D eigenvalue weighted by Gasteiger charge is -2.18. The van der Waals surface area contributed by atoms with Crippen molar-refractivity contribution in [2.45, 2.75) is 45.6 Å². The van der Waals surface area contributed by atoms with Crippen LogP contribution in [0, 0.1) is 5.92 Å². The molecule has 158 valence electrons. The summed E-state index contributed by atoms with van der Waals surface area (Å²) in [5.41, 5.74) is 2.48. The molecule has 0 fully saturated rings. The minimum atomic E-state index is 0.0224. The van der Waals surface area contributed by atoms with Crippen molar-refractivity contribution in [2.75, 3.05) is 19.8 Å². The van der Waals surface area contributed by atoms with Crippen molar-refractivity contribution < 1.29 is 14.8 Å². The van der Waals surface area contributed by atoms with Gasteiger partial charge >= 0.3 is 0 Å². The summed E-state index contributed by atoms with van der Waals surface area (Å²) < 4.78 is 11.3. The molecule has 0 spiro atoms. The Labute approximate surface area is 179 Å².